The van der Waals surface area contributed by atoms with Gasteiger partial charge in [-0.15, -0.1) is 0 Å². The van der Waals surface area contributed by atoms with Crippen molar-refractivity contribution in [2.75, 3.05) is 5.73 Å². The third-order valence-corrected chi connectivity index (χ3v) is 2.54. The molecule has 0 atom stereocenters. The standard InChI is InChI=1S/C12H7FN6O/c13-7-3-6(4-14)1-2-8(7)20-11-9-10(17-5-16-9)18-12(15)19-11/h1-3,5H,(H3,15,16,17,18,19). The van der Waals surface area contributed by atoms with Crippen LogP contribution in [-0.2, 0) is 0 Å². The number of aromatic nitrogens is 4. The van der Waals surface area contributed by atoms with Crippen molar-refractivity contribution < 1.29 is 9.13 Å². The summed E-state index contributed by atoms with van der Waals surface area (Å²) in [5.74, 6) is -0.714. The van der Waals surface area contributed by atoms with Gasteiger partial charge in [0.15, 0.2) is 17.2 Å². The highest BCUT2D eigenvalue weighted by molar-refractivity contribution is 5.77. The van der Waals surface area contributed by atoms with Crippen molar-refractivity contribution in [2.45, 2.75) is 0 Å². The van der Waals surface area contributed by atoms with Gasteiger partial charge in [0.1, 0.15) is 5.52 Å². The van der Waals surface area contributed by atoms with Gasteiger partial charge in [-0.05, 0) is 18.2 Å². The normalized spacial score (nSPS) is 10.4. The fourth-order valence-corrected chi connectivity index (χ4v) is 1.65. The van der Waals surface area contributed by atoms with Gasteiger partial charge in [0.05, 0.1) is 18.0 Å². The molecule has 0 saturated carbocycles. The monoisotopic (exact) mass is 270 g/mol. The number of nitriles is 1. The number of anilines is 1. The van der Waals surface area contributed by atoms with Crippen LogP contribution in [0.2, 0.25) is 0 Å². The van der Waals surface area contributed by atoms with E-state index in [0.717, 1.165) is 6.07 Å². The fourth-order valence-electron chi connectivity index (χ4n) is 1.65. The Hall–Kier alpha value is -3.21. The molecular weight excluding hydrogens is 263 g/mol. The average molecular weight is 270 g/mol. The van der Waals surface area contributed by atoms with Crippen LogP contribution >= 0.6 is 0 Å². The maximum atomic E-state index is 13.8. The Kier molecular flexibility index (Phi) is 2.65. The zero-order valence-electron chi connectivity index (χ0n) is 9.96. The molecule has 3 aromatic rings. The van der Waals surface area contributed by atoms with Crippen LogP contribution in [0.4, 0.5) is 10.3 Å². The third kappa shape index (κ3) is 1.97. The van der Waals surface area contributed by atoms with Crippen LogP contribution in [0.25, 0.3) is 11.2 Å². The number of nitrogens with one attached hydrogen (secondary N) is 1. The van der Waals surface area contributed by atoms with Crippen molar-refractivity contribution in [2.24, 2.45) is 0 Å². The second-order valence-corrected chi connectivity index (χ2v) is 3.85. The van der Waals surface area contributed by atoms with Crippen LogP contribution in [0, 0.1) is 17.1 Å². The van der Waals surface area contributed by atoms with Gasteiger partial charge < -0.3 is 15.5 Å². The topological polar surface area (TPSA) is 114 Å². The molecule has 0 aliphatic heterocycles. The van der Waals surface area contributed by atoms with E-state index in [2.05, 4.69) is 19.9 Å². The molecule has 0 fully saturated rings. The predicted octanol–water partition coefficient (Wildman–Crippen LogP) is 1.74. The molecular formula is C12H7FN6O. The molecule has 20 heavy (non-hydrogen) atoms. The van der Waals surface area contributed by atoms with Crippen molar-refractivity contribution in [3.05, 3.63) is 35.9 Å². The molecule has 98 valence electrons. The molecule has 0 aliphatic carbocycles. The molecule has 0 aliphatic rings. The van der Waals surface area contributed by atoms with Crippen LogP contribution in [0.3, 0.4) is 0 Å². The van der Waals surface area contributed by atoms with Gasteiger partial charge in [-0.3, -0.25) is 0 Å². The van der Waals surface area contributed by atoms with Gasteiger partial charge >= 0.3 is 0 Å². The fraction of sp³-hybridized carbons (Fsp3) is 0. The second-order valence-electron chi connectivity index (χ2n) is 3.85. The number of rotatable bonds is 2. The van der Waals surface area contributed by atoms with E-state index in [4.69, 9.17) is 15.7 Å². The zero-order valence-corrected chi connectivity index (χ0v) is 9.96. The number of nitrogens with two attached hydrogens (primary N) is 1. The van der Waals surface area contributed by atoms with E-state index < -0.39 is 5.82 Å². The third-order valence-electron chi connectivity index (χ3n) is 2.54. The Morgan fingerprint density at radius 1 is 1.35 bits per heavy atom. The summed E-state index contributed by atoms with van der Waals surface area (Å²) in [6, 6.07) is 5.69. The van der Waals surface area contributed by atoms with Crippen molar-refractivity contribution >= 4 is 17.1 Å². The number of benzene rings is 1. The Bertz CT molecular complexity index is 838. The summed E-state index contributed by atoms with van der Waals surface area (Å²) in [5, 5.41) is 8.68. The largest absolute Gasteiger partial charge is 0.434 e. The van der Waals surface area contributed by atoms with Gasteiger partial charge in [0, 0.05) is 0 Å². The molecule has 3 N–H and O–H groups in total. The maximum absolute atomic E-state index is 13.8. The van der Waals surface area contributed by atoms with Crippen LogP contribution < -0.4 is 10.5 Å². The highest BCUT2D eigenvalue weighted by Gasteiger charge is 2.13. The number of aromatic amines is 1. The number of nitrogens with zero attached hydrogens (tertiary/aromatic N) is 4. The van der Waals surface area contributed by atoms with Crippen molar-refractivity contribution in [3.8, 4) is 17.7 Å². The molecule has 8 heteroatoms. The zero-order chi connectivity index (χ0) is 14.1. The van der Waals surface area contributed by atoms with Crippen LogP contribution in [0.15, 0.2) is 24.5 Å². The van der Waals surface area contributed by atoms with E-state index in [1.54, 1.807) is 0 Å². The van der Waals surface area contributed by atoms with Crippen LogP contribution in [0.5, 0.6) is 11.6 Å². The Morgan fingerprint density at radius 3 is 2.95 bits per heavy atom. The van der Waals surface area contributed by atoms with E-state index in [1.807, 2.05) is 6.07 Å². The molecule has 7 nitrogen and oxygen atoms in total. The van der Waals surface area contributed by atoms with Crippen molar-refractivity contribution in [3.63, 3.8) is 0 Å². The number of H-pyrrole nitrogens is 1. The summed E-state index contributed by atoms with van der Waals surface area (Å²) in [4.78, 5) is 14.5. The molecule has 0 spiro atoms. The molecule has 0 bridgehead atoms. The van der Waals surface area contributed by atoms with Crippen LogP contribution in [-0.4, -0.2) is 19.9 Å². The summed E-state index contributed by atoms with van der Waals surface area (Å²) in [7, 11) is 0. The van der Waals surface area contributed by atoms with E-state index in [9.17, 15) is 4.39 Å². The van der Waals surface area contributed by atoms with Gasteiger partial charge in [-0.1, -0.05) is 0 Å². The lowest BCUT2D eigenvalue weighted by Crippen LogP contribution is -1.99. The Labute approximate surface area is 111 Å². The first-order valence-electron chi connectivity index (χ1n) is 5.51. The molecule has 0 unspecified atom stereocenters. The SMILES string of the molecule is N#Cc1ccc(Oc2nc(N)nc3nc[nH]c23)c(F)c1. The quantitative estimate of drug-likeness (QED) is 0.733. The number of ether oxygens (including phenoxy) is 1. The first-order valence-corrected chi connectivity index (χ1v) is 5.51. The Balaban J connectivity index is 2.05. The predicted molar refractivity (Wildman–Crippen MR) is 67.3 cm³/mol. The molecule has 0 radical (unpaired) electrons. The van der Waals surface area contributed by atoms with Crippen molar-refractivity contribution in [1.29, 1.82) is 5.26 Å². The summed E-state index contributed by atoms with van der Waals surface area (Å²) in [6.45, 7) is 0. The lowest BCUT2D eigenvalue weighted by Gasteiger charge is -2.06. The average Bonchev–Trinajstić information content (AvgIpc) is 2.89. The molecule has 0 saturated heterocycles. The first-order chi connectivity index (χ1) is 9.67. The van der Waals surface area contributed by atoms with Gasteiger partial charge in [0.2, 0.25) is 5.95 Å². The van der Waals surface area contributed by atoms with Gasteiger partial charge in [-0.25, -0.2) is 9.37 Å². The number of nitrogen functional groups attached to an aromatic ring is 1. The lowest BCUT2D eigenvalue weighted by atomic mass is 10.2. The minimum Gasteiger partial charge on any atom is -0.434 e. The molecule has 0 amide bonds. The smallest absolute Gasteiger partial charge is 0.250 e. The van der Waals surface area contributed by atoms with Crippen molar-refractivity contribution in [1.82, 2.24) is 19.9 Å². The van der Waals surface area contributed by atoms with Gasteiger partial charge in [-0.2, -0.15) is 15.2 Å². The second kappa shape index (κ2) is 4.47. The van der Waals surface area contributed by atoms with E-state index in [-0.39, 0.29) is 23.1 Å². The number of imidazole rings is 1. The number of fused-ring (bicyclic) bond motifs is 1. The summed E-state index contributed by atoms with van der Waals surface area (Å²) in [5.41, 5.74) is 6.45. The minimum atomic E-state index is -0.672. The minimum absolute atomic E-state index is 0.0337. The van der Waals surface area contributed by atoms with E-state index in [0.29, 0.717) is 11.2 Å². The molecule has 3 rings (SSSR count). The maximum Gasteiger partial charge on any atom is 0.250 e. The Morgan fingerprint density at radius 2 is 2.20 bits per heavy atom. The lowest BCUT2D eigenvalue weighted by molar-refractivity contribution is 0.431. The van der Waals surface area contributed by atoms with Gasteiger partial charge in [0.25, 0.3) is 5.88 Å². The summed E-state index contributed by atoms with van der Waals surface area (Å²) >= 11 is 0. The molecule has 1 aromatic carbocycles. The van der Waals surface area contributed by atoms with E-state index in [1.165, 1.54) is 18.5 Å². The van der Waals surface area contributed by atoms with E-state index >= 15 is 0 Å². The number of hydrogen-bond acceptors (Lipinski definition) is 6. The summed E-state index contributed by atoms with van der Waals surface area (Å²) < 4.78 is 19.1. The molecule has 2 aromatic heterocycles. The molecule has 2 heterocycles. The highest BCUT2D eigenvalue weighted by atomic mass is 19.1. The summed E-state index contributed by atoms with van der Waals surface area (Å²) in [6.07, 6.45) is 1.40. The first kappa shape index (κ1) is 11.9. The number of hydrogen-bond donors (Lipinski definition) is 2. The van der Waals surface area contributed by atoms with Crippen LogP contribution in [0.1, 0.15) is 5.56 Å². The number of halogens is 1. The highest BCUT2D eigenvalue weighted by Crippen LogP contribution is 2.28.